The standard InChI is InChI=1S/C23H17FN6O2S/c1-30-16-5-3-2-4-14(16)23(21(30)32)15(10-25)18(26)27-19-17(23)20(31)29-22(28-19)33-11-12-6-8-13(24)9-7-12/h2-9H,11,26H2,1H3,(H2,27,28,29,31)/t23-/m1/s1. The Labute approximate surface area is 191 Å². The van der Waals surface area contributed by atoms with Gasteiger partial charge in [0.15, 0.2) is 5.16 Å². The molecule has 3 aromatic rings. The molecule has 0 saturated carbocycles. The average Bonchev–Trinajstić information content (AvgIpc) is 3.01. The third-order valence-corrected chi connectivity index (χ3v) is 6.81. The zero-order valence-electron chi connectivity index (χ0n) is 17.3. The molecule has 2 aromatic carbocycles. The van der Waals surface area contributed by atoms with Gasteiger partial charge in [0.25, 0.3) is 5.56 Å². The summed E-state index contributed by atoms with van der Waals surface area (Å²) in [6, 6.07) is 15.0. The van der Waals surface area contributed by atoms with Crippen LogP contribution in [0.2, 0.25) is 0 Å². The van der Waals surface area contributed by atoms with E-state index in [9.17, 15) is 19.2 Å². The van der Waals surface area contributed by atoms with Crippen molar-refractivity contribution in [1.82, 2.24) is 9.97 Å². The molecule has 0 unspecified atom stereocenters. The van der Waals surface area contributed by atoms with Gasteiger partial charge in [-0.05, 0) is 23.8 Å². The molecule has 1 spiro atoms. The highest BCUT2D eigenvalue weighted by Gasteiger charge is 2.59. The Morgan fingerprint density at radius 3 is 2.67 bits per heavy atom. The minimum atomic E-state index is -1.69. The Morgan fingerprint density at radius 1 is 1.21 bits per heavy atom. The van der Waals surface area contributed by atoms with Crippen molar-refractivity contribution in [2.75, 3.05) is 17.3 Å². The number of carbonyl (C=O) groups excluding carboxylic acids is 1. The van der Waals surface area contributed by atoms with Crippen molar-refractivity contribution in [2.24, 2.45) is 5.73 Å². The smallest absolute Gasteiger partial charge is 0.258 e. The van der Waals surface area contributed by atoms with Crippen LogP contribution in [0.3, 0.4) is 0 Å². The van der Waals surface area contributed by atoms with Gasteiger partial charge < -0.3 is 20.9 Å². The number of para-hydroxylation sites is 1. The van der Waals surface area contributed by atoms with E-state index in [1.54, 1.807) is 43.4 Å². The van der Waals surface area contributed by atoms with E-state index >= 15 is 0 Å². The second kappa shape index (κ2) is 7.50. The molecule has 0 saturated heterocycles. The monoisotopic (exact) mass is 460 g/mol. The number of carbonyl (C=O) groups is 1. The highest BCUT2D eigenvalue weighted by molar-refractivity contribution is 7.98. The second-order valence-electron chi connectivity index (χ2n) is 7.67. The van der Waals surface area contributed by atoms with Crippen molar-refractivity contribution in [1.29, 1.82) is 5.26 Å². The molecular formula is C23H17FN6O2S. The first-order valence-electron chi connectivity index (χ1n) is 9.95. The lowest BCUT2D eigenvalue weighted by Crippen LogP contribution is -2.49. The van der Waals surface area contributed by atoms with Gasteiger partial charge in [-0.25, -0.2) is 9.37 Å². The number of nitrogens with zero attached hydrogens (tertiary/aromatic N) is 3. The number of H-pyrrole nitrogens is 1. The summed E-state index contributed by atoms with van der Waals surface area (Å²) in [6.45, 7) is 0. The summed E-state index contributed by atoms with van der Waals surface area (Å²) >= 11 is 1.25. The van der Waals surface area contributed by atoms with E-state index in [4.69, 9.17) is 5.73 Å². The number of hydrogen-bond donors (Lipinski definition) is 3. The van der Waals surface area contributed by atoms with E-state index in [2.05, 4.69) is 15.3 Å². The summed E-state index contributed by atoms with van der Waals surface area (Å²) in [5.41, 5.74) is 5.86. The fraction of sp³-hybridized carbons (Fsp3) is 0.130. The van der Waals surface area contributed by atoms with Crippen LogP contribution in [0.5, 0.6) is 0 Å². The van der Waals surface area contributed by atoms with Gasteiger partial charge in [-0.3, -0.25) is 9.59 Å². The largest absolute Gasteiger partial charge is 0.384 e. The summed E-state index contributed by atoms with van der Waals surface area (Å²) in [6.07, 6.45) is 0. The minimum absolute atomic E-state index is 0.0289. The van der Waals surface area contributed by atoms with E-state index in [0.29, 0.717) is 22.2 Å². The molecule has 1 atom stereocenters. The molecule has 10 heteroatoms. The molecule has 1 amide bonds. The van der Waals surface area contributed by atoms with Crippen LogP contribution in [0.4, 0.5) is 15.9 Å². The second-order valence-corrected chi connectivity index (χ2v) is 8.63. The van der Waals surface area contributed by atoms with E-state index in [1.165, 1.54) is 28.8 Å². The van der Waals surface area contributed by atoms with Gasteiger partial charge >= 0.3 is 0 Å². The zero-order valence-corrected chi connectivity index (χ0v) is 18.2. The van der Waals surface area contributed by atoms with Crippen molar-refractivity contribution >= 4 is 29.2 Å². The molecule has 0 bridgehead atoms. The number of likely N-dealkylation sites (N-methyl/N-ethyl adjacent to an activating group) is 1. The molecule has 164 valence electrons. The van der Waals surface area contributed by atoms with Crippen LogP contribution in [-0.2, 0) is 16.0 Å². The van der Waals surface area contributed by atoms with E-state index < -0.39 is 16.9 Å². The first-order chi connectivity index (χ1) is 15.9. The van der Waals surface area contributed by atoms with Crippen LogP contribution < -0.4 is 21.5 Å². The predicted octanol–water partition coefficient (Wildman–Crippen LogP) is 2.58. The van der Waals surface area contributed by atoms with E-state index in [-0.39, 0.29) is 28.6 Å². The predicted molar refractivity (Wildman–Crippen MR) is 122 cm³/mol. The van der Waals surface area contributed by atoms with Gasteiger partial charge in [0, 0.05) is 24.1 Å². The lowest BCUT2D eigenvalue weighted by molar-refractivity contribution is -0.120. The van der Waals surface area contributed by atoms with Crippen LogP contribution in [-0.4, -0.2) is 22.9 Å². The molecule has 1 aromatic heterocycles. The molecule has 2 aliphatic rings. The van der Waals surface area contributed by atoms with Gasteiger partial charge in [-0.15, -0.1) is 0 Å². The van der Waals surface area contributed by atoms with Crippen molar-refractivity contribution < 1.29 is 9.18 Å². The number of anilines is 2. The van der Waals surface area contributed by atoms with E-state index in [0.717, 1.165) is 5.56 Å². The number of fused-ring (bicyclic) bond motifs is 4. The summed E-state index contributed by atoms with van der Waals surface area (Å²) in [7, 11) is 1.59. The summed E-state index contributed by atoms with van der Waals surface area (Å²) in [5, 5.41) is 13.1. The zero-order chi connectivity index (χ0) is 23.3. The van der Waals surface area contributed by atoms with Gasteiger partial charge in [0.2, 0.25) is 5.91 Å². The Morgan fingerprint density at radius 2 is 1.94 bits per heavy atom. The highest BCUT2D eigenvalue weighted by Crippen LogP contribution is 2.52. The first kappa shape index (κ1) is 20.8. The SMILES string of the molecule is CN1C(=O)[C@@]2(C(C#N)=C(N)Nc3nc(SCc4ccc(F)cc4)[nH]c(=O)c32)c2ccccc21. The number of benzene rings is 2. The molecule has 3 heterocycles. The van der Waals surface area contributed by atoms with Gasteiger partial charge in [0.05, 0.1) is 11.1 Å². The molecular weight excluding hydrogens is 443 g/mol. The van der Waals surface area contributed by atoms with Crippen molar-refractivity contribution in [3.8, 4) is 6.07 Å². The summed E-state index contributed by atoms with van der Waals surface area (Å²) in [4.78, 5) is 35.7. The number of aromatic nitrogens is 2. The summed E-state index contributed by atoms with van der Waals surface area (Å²) < 4.78 is 13.2. The van der Waals surface area contributed by atoms with Gasteiger partial charge in [-0.2, -0.15) is 5.26 Å². The lowest BCUT2D eigenvalue weighted by Gasteiger charge is -2.33. The molecule has 0 aliphatic carbocycles. The first-order valence-corrected chi connectivity index (χ1v) is 10.9. The van der Waals surface area contributed by atoms with Crippen LogP contribution in [0.15, 0.2) is 69.9 Å². The number of hydrogen-bond acceptors (Lipinski definition) is 7. The van der Waals surface area contributed by atoms with E-state index in [1.807, 2.05) is 6.07 Å². The molecule has 2 aliphatic heterocycles. The molecule has 5 rings (SSSR count). The Kier molecular flexibility index (Phi) is 4.72. The maximum atomic E-state index is 13.6. The normalized spacial score (nSPS) is 18.7. The fourth-order valence-electron chi connectivity index (χ4n) is 4.40. The number of halogens is 1. The highest BCUT2D eigenvalue weighted by atomic mass is 32.2. The number of amides is 1. The lowest BCUT2D eigenvalue weighted by atomic mass is 9.69. The number of nitriles is 1. The maximum Gasteiger partial charge on any atom is 0.258 e. The quantitative estimate of drug-likeness (QED) is 0.405. The number of rotatable bonds is 3. The average molecular weight is 460 g/mol. The van der Waals surface area contributed by atoms with Crippen molar-refractivity contribution in [3.63, 3.8) is 0 Å². The third kappa shape index (κ3) is 2.93. The van der Waals surface area contributed by atoms with Crippen LogP contribution in [0.1, 0.15) is 16.7 Å². The van der Waals surface area contributed by atoms with Gasteiger partial charge in [-0.1, -0.05) is 42.1 Å². The minimum Gasteiger partial charge on any atom is -0.384 e. The fourth-order valence-corrected chi connectivity index (χ4v) is 5.21. The number of nitrogens with one attached hydrogen (secondary N) is 2. The van der Waals surface area contributed by atoms with Gasteiger partial charge in [0.1, 0.15) is 28.9 Å². The van der Waals surface area contributed by atoms with Crippen molar-refractivity contribution in [3.05, 3.63) is 92.8 Å². The Hall–Kier alpha value is -4.10. The summed E-state index contributed by atoms with van der Waals surface area (Å²) in [5.74, 6) is -0.260. The molecule has 0 fully saturated rings. The number of aromatic amines is 1. The Bertz CT molecular complexity index is 1440. The molecule has 0 radical (unpaired) electrons. The van der Waals surface area contributed by atoms with Crippen molar-refractivity contribution in [2.45, 2.75) is 16.3 Å². The topological polar surface area (TPSA) is 128 Å². The molecule has 8 nitrogen and oxygen atoms in total. The maximum absolute atomic E-state index is 13.6. The molecule has 4 N–H and O–H groups in total. The number of nitrogens with two attached hydrogens (primary N) is 1. The van der Waals surface area contributed by atoms with Crippen LogP contribution in [0.25, 0.3) is 0 Å². The Balaban J connectivity index is 1.66. The molecule has 33 heavy (non-hydrogen) atoms. The third-order valence-electron chi connectivity index (χ3n) is 5.87. The van der Waals surface area contributed by atoms with Crippen LogP contribution >= 0.6 is 11.8 Å². The number of thioether (sulfide) groups is 1. The van der Waals surface area contributed by atoms with Crippen LogP contribution in [0, 0.1) is 17.1 Å².